The maximum Gasteiger partial charge on any atom is 0.527 e. The van der Waals surface area contributed by atoms with Gasteiger partial charge in [-0.2, -0.15) is 14.3 Å². The average molecular weight is 378 g/mol. The highest BCUT2D eigenvalue weighted by molar-refractivity contribution is 5.95. The Kier molecular flexibility index (Phi) is 5.13. The average Bonchev–Trinajstić information content (AvgIpc) is 2.74. The van der Waals surface area contributed by atoms with Crippen molar-refractivity contribution in [3.63, 3.8) is 0 Å². The lowest BCUT2D eigenvalue weighted by atomic mass is 10.1. The van der Waals surface area contributed by atoms with Gasteiger partial charge in [0.2, 0.25) is 5.95 Å². The van der Waals surface area contributed by atoms with Crippen LogP contribution < -0.4 is 9.38 Å². The molecule has 1 aromatic carbocycles. The Morgan fingerprint density at radius 2 is 1.89 bits per heavy atom. The Morgan fingerprint density at radius 1 is 1.11 bits per heavy atom. The van der Waals surface area contributed by atoms with E-state index in [1.807, 2.05) is 56.9 Å². The van der Waals surface area contributed by atoms with Gasteiger partial charge < -0.3 is 9.64 Å². The highest BCUT2D eigenvalue weighted by Crippen LogP contribution is 2.31. The second kappa shape index (κ2) is 7.72. The van der Waals surface area contributed by atoms with Crippen LogP contribution in [0.4, 0.5) is 16.6 Å². The number of ether oxygens (including phenoxy) is 1. The number of hydrogen-bond donors (Lipinski definition) is 0. The van der Waals surface area contributed by atoms with Crippen molar-refractivity contribution in [3.8, 4) is 0 Å². The van der Waals surface area contributed by atoms with Crippen LogP contribution in [0.25, 0.3) is 10.9 Å². The molecule has 145 valence electrons. The molecular weight excluding hydrogens is 352 g/mol. The number of carbonyl (C=O) groups is 1. The Bertz CT molecular complexity index is 943. The maximum atomic E-state index is 13.1. The van der Waals surface area contributed by atoms with Crippen LogP contribution in [-0.2, 0) is 4.74 Å². The number of fused-ring (bicyclic) bond motifs is 1. The smallest absolute Gasteiger partial charge is 0.381 e. The third-order valence-electron chi connectivity index (χ3n) is 5.25. The second-order valence-corrected chi connectivity index (χ2v) is 7.67. The summed E-state index contributed by atoms with van der Waals surface area (Å²) in [6, 6.07) is 7.85. The van der Waals surface area contributed by atoms with E-state index < -0.39 is 0 Å². The number of aromatic nitrogens is 2. The van der Waals surface area contributed by atoms with Crippen LogP contribution in [0.3, 0.4) is 0 Å². The lowest BCUT2D eigenvalue weighted by molar-refractivity contribution is 0.149. The molecule has 2 aromatic rings. The molecule has 0 spiro atoms. The number of rotatable bonds is 3. The number of hydrogen-bond acceptors (Lipinski definition) is 5. The number of benzene rings is 1. The minimum absolute atomic E-state index is 0.112. The van der Waals surface area contributed by atoms with E-state index in [2.05, 4.69) is 4.90 Å². The van der Waals surface area contributed by atoms with E-state index in [1.165, 1.54) is 6.42 Å². The molecule has 1 amide bonds. The SMILES string of the molecule is C[N+](C)(C(=O)OC1=CC[CH]C=C1)c1nc(N2CCCCC2)nc2ccccc12. The van der Waals surface area contributed by atoms with Gasteiger partial charge in [-0.1, -0.05) is 18.2 Å². The Hall–Kier alpha value is -2.73. The first-order valence-corrected chi connectivity index (χ1v) is 9.84. The van der Waals surface area contributed by atoms with E-state index in [0.717, 1.165) is 43.3 Å². The molecule has 0 saturated carbocycles. The monoisotopic (exact) mass is 378 g/mol. The number of piperidine rings is 1. The standard InChI is InChI=1S/C22H26N4O2/c1-26(2,22(27)28-17-11-5-3-6-12-17)20-18-13-7-8-14-19(18)23-21(24-20)25-15-9-4-10-16-25/h3,5,7-8,11-14H,4,6,9-10,15-16H2,1-2H3/q+1. The molecule has 1 aromatic heterocycles. The van der Waals surface area contributed by atoms with Crippen molar-refractivity contribution in [3.05, 3.63) is 54.7 Å². The molecule has 0 N–H and O–H groups in total. The molecule has 28 heavy (non-hydrogen) atoms. The van der Waals surface area contributed by atoms with Crippen LogP contribution in [-0.4, -0.2) is 43.2 Å². The zero-order chi connectivity index (χ0) is 19.6. The first kappa shape index (κ1) is 18.6. The summed E-state index contributed by atoms with van der Waals surface area (Å²) in [5.41, 5.74) is 0.846. The predicted octanol–water partition coefficient (Wildman–Crippen LogP) is 4.37. The van der Waals surface area contributed by atoms with Gasteiger partial charge in [0.25, 0.3) is 5.82 Å². The van der Waals surface area contributed by atoms with Crippen LogP contribution in [0, 0.1) is 6.42 Å². The zero-order valence-corrected chi connectivity index (χ0v) is 16.5. The van der Waals surface area contributed by atoms with E-state index in [1.54, 1.807) is 6.08 Å². The number of anilines is 1. The highest BCUT2D eigenvalue weighted by atomic mass is 16.6. The number of para-hydroxylation sites is 1. The third-order valence-corrected chi connectivity index (χ3v) is 5.25. The number of quaternary nitrogens is 1. The lowest BCUT2D eigenvalue weighted by Gasteiger charge is -2.29. The molecule has 2 heterocycles. The minimum atomic E-state index is -0.369. The maximum absolute atomic E-state index is 13.1. The minimum Gasteiger partial charge on any atom is -0.381 e. The summed E-state index contributed by atoms with van der Waals surface area (Å²) in [7, 11) is 3.63. The van der Waals surface area contributed by atoms with Gasteiger partial charge in [0.15, 0.2) is 0 Å². The third kappa shape index (κ3) is 3.64. The van der Waals surface area contributed by atoms with Crippen LogP contribution in [0.1, 0.15) is 25.7 Å². The molecule has 0 atom stereocenters. The van der Waals surface area contributed by atoms with Gasteiger partial charge in [0, 0.05) is 13.1 Å². The molecular formula is C22H26N4O2+. The predicted molar refractivity (Wildman–Crippen MR) is 112 cm³/mol. The van der Waals surface area contributed by atoms with Crippen molar-refractivity contribution in [2.24, 2.45) is 0 Å². The molecule has 1 aliphatic heterocycles. The van der Waals surface area contributed by atoms with Crippen LogP contribution in [0.2, 0.25) is 0 Å². The van der Waals surface area contributed by atoms with Crippen molar-refractivity contribution in [1.82, 2.24) is 14.5 Å². The van der Waals surface area contributed by atoms with Gasteiger partial charge in [-0.15, -0.1) is 0 Å². The van der Waals surface area contributed by atoms with Gasteiger partial charge in [0.05, 0.1) is 25.0 Å². The number of amides is 1. The normalized spacial score (nSPS) is 17.5. The molecule has 4 rings (SSSR count). The van der Waals surface area contributed by atoms with E-state index in [9.17, 15) is 4.79 Å². The van der Waals surface area contributed by atoms with Gasteiger partial charge in [0.1, 0.15) is 5.76 Å². The fourth-order valence-electron chi connectivity index (χ4n) is 3.58. The summed E-state index contributed by atoms with van der Waals surface area (Å²) in [5, 5.41) is 0.867. The molecule has 1 saturated heterocycles. The summed E-state index contributed by atoms with van der Waals surface area (Å²) in [6.45, 7) is 1.90. The highest BCUT2D eigenvalue weighted by Gasteiger charge is 2.37. The first-order chi connectivity index (χ1) is 13.6. The topological polar surface area (TPSA) is 55.3 Å². The van der Waals surface area contributed by atoms with Gasteiger partial charge in [-0.05, 0) is 56.4 Å². The summed E-state index contributed by atoms with van der Waals surface area (Å²) in [6.07, 6.45) is 11.5. The zero-order valence-electron chi connectivity index (χ0n) is 16.5. The molecule has 2 aliphatic rings. The summed E-state index contributed by atoms with van der Waals surface area (Å²) < 4.78 is 5.55. The molecule has 1 aliphatic carbocycles. The van der Waals surface area contributed by atoms with Gasteiger partial charge >= 0.3 is 6.09 Å². The largest absolute Gasteiger partial charge is 0.527 e. The van der Waals surface area contributed by atoms with Crippen molar-refractivity contribution in [2.45, 2.75) is 25.7 Å². The van der Waals surface area contributed by atoms with Crippen molar-refractivity contribution >= 4 is 28.8 Å². The first-order valence-electron chi connectivity index (χ1n) is 9.84. The van der Waals surface area contributed by atoms with Crippen LogP contribution in [0.15, 0.2) is 48.3 Å². The summed E-state index contributed by atoms with van der Waals surface area (Å²) in [5.74, 6) is 1.93. The number of allylic oxidation sites excluding steroid dienone is 3. The van der Waals surface area contributed by atoms with Gasteiger partial charge in [-0.25, -0.2) is 4.98 Å². The van der Waals surface area contributed by atoms with E-state index in [0.29, 0.717) is 17.5 Å². The second-order valence-electron chi connectivity index (χ2n) is 7.67. The lowest BCUT2D eigenvalue weighted by Crippen LogP contribution is -2.48. The fourth-order valence-corrected chi connectivity index (χ4v) is 3.58. The summed E-state index contributed by atoms with van der Waals surface area (Å²) in [4.78, 5) is 24.9. The number of nitrogens with zero attached hydrogens (tertiary/aromatic N) is 4. The molecule has 0 bridgehead atoms. The number of carbonyl (C=O) groups excluding carboxylic acids is 1. The quantitative estimate of drug-likeness (QED) is 0.742. The van der Waals surface area contributed by atoms with E-state index in [4.69, 9.17) is 14.7 Å². The van der Waals surface area contributed by atoms with Crippen molar-refractivity contribution in [2.75, 3.05) is 32.1 Å². The molecule has 1 radical (unpaired) electrons. The summed E-state index contributed by atoms with van der Waals surface area (Å²) >= 11 is 0. The molecule has 6 nitrogen and oxygen atoms in total. The molecule has 6 heteroatoms. The van der Waals surface area contributed by atoms with Crippen LogP contribution in [0.5, 0.6) is 0 Å². The molecule has 0 unspecified atom stereocenters. The van der Waals surface area contributed by atoms with Gasteiger partial charge in [-0.3, -0.25) is 0 Å². The van der Waals surface area contributed by atoms with Crippen molar-refractivity contribution < 1.29 is 9.53 Å². The fraction of sp³-hybridized carbons (Fsp3) is 0.364. The van der Waals surface area contributed by atoms with Crippen molar-refractivity contribution in [1.29, 1.82) is 0 Å². The van der Waals surface area contributed by atoms with E-state index in [-0.39, 0.29) is 10.6 Å². The Balaban J connectivity index is 1.73. The molecule has 1 fully saturated rings. The Labute approximate surface area is 165 Å². The van der Waals surface area contributed by atoms with Crippen LogP contribution >= 0.6 is 0 Å². The Morgan fingerprint density at radius 3 is 2.64 bits per heavy atom. The van der Waals surface area contributed by atoms with E-state index >= 15 is 0 Å².